The summed E-state index contributed by atoms with van der Waals surface area (Å²) in [6, 6.07) is 12.9. The van der Waals surface area contributed by atoms with E-state index in [0.29, 0.717) is 22.1 Å². The van der Waals surface area contributed by atoms with Gasteiger partial charge in [0, 0.05) is 10.7 Å². The van der Waals surface area contributed by atoms with Gasteiger partial charge in [-0.2, -0.15) is 0 Å². The summed E-state index contributed by atoms with van der Waals surface area (Å²) in [5, 5.41) is 4.16. The summed E-state index contributed by atoms with van der Waals surface area (Å²) in [4.78, 5) is 24.7. The van der Waals surface area contributed by atoms with Crippen LogP contribution in [0.25, 0.3) is 0 Å². The lowest BCUT2D eigenvalue weighted by Gasteiger charge is -2.17. The molecule has 2 rings (SSSR count). The predicted molar refractivity (Wildman–Crippen MR) is 110 cm³/mol. The number of benzene rings is 2. The number of hydrogen-bond acceptors (Lipinski definition) is 5. The first-order valence-electron chi connectivity index (χ1n) is 8.47. The number of nitrogens with one attached hydrogen (secondary N) is 2. The van der Waals surface area contributed by atoms with E-state index in [2.05, 4.69) is 10.6 Å². The van der Waals surface area contributed by atoms with Gasteiger partial charge in [-0.3, -0.25) is 9.59 Å². The van der Waals surface area contributed by atoms with E-state index in [-0.39, 0.29) is 6.42 Å². The molecule has 0 aliphatic rings. The fraction of sp³-hybridized carbons (Fsp3) is 0.263. The summed E-state index contributed by atoms with van der Waals surface area (Å²) in [5.41, 5.74) is 0.769. The first-order chi connectivity index (χ1) is 13.3. The van der Waals surface area contributed by atoms with Gasteiger partial charge in [0.25, 0.3) is 0 Å². The number of carbonyl (C=O) groups excluding carboxylic acids is 2. The Morgan fingerprint density at radius 3 is 2.32 bits per heavy atom. The maximum Gasteiger partial charge on any atom is 0.242 e. The van der Waals surface area contributed by atoms with E-state index in [0.717, 1.165) is 0 Å². The van der Waals surface area contributed by atoms with Gasteiger partial charge in [0.15, 0.2) is 9.84 Å². The van der Waals surface area contributed by atoms with Crippen molar-refractivity contribution >= 4 is 44.6 Å². The van der Waals surface area contributed by atoms with Crippen LogP contribution in [-0.2, 0) is 19.4 Å². The Morgan fingerprint density at radius 2 is 1.71 bits per heavy atom. The molecule has 0 radical (unpaired) electrons. The molecule has 0 aliphatic heterocycles. The van der Waals surface area contributed by atoms with Crippen molar-refractivity contribution in [3.63, 3.8) is 0 Å². The molecule has 0 spiro atoms. The number of anilines is 2. The van der Waals surface area contributed by atoms with E-state index in [9.17, 15) is 18.0 Å². The molecule has 2 aromatic carbocycles. The Bertz CT molecular complexity index is 945. The molecule has 0 bridgehead atoms. The molecule has 0 fully saturated rings. The van der Waals surface area contributed by atoms with E-state index in [1.807, 2.05) is 0 Å². The van der Waals surface area contributed by atoms with Crippen molar-refractivity contribution in [2.24, 2.45) is 0 Å². The largest absolute Gasteiger partial charge is 0.495 e. The highest BCUT2D eigenvalue weighted by atomic mass is 35.5. The fourth-order valence-electron chi connectivity index (χ4n) is 2.58. The van der Waals surface area contributed by atoms with E-state index in [4.69, 9.17) is 16.3 Å². The lowest BCUT2D eigenvalue weighted by Crippen LogP contribution is -2.39. The monoisotopic (exact) mass is 424 g/mol. The molecule has 0 saturated carbocycles. The van der Waals surface area contributed by atoms with Crippen LogP contribution in [0.5, 0.6) is 5.75 Å². The van der Waals surface area contributed by atoms with Crippen molar-refractivity contribution in [2.75, 3.05) is 23.5 Å². The zero-order valence-corrected chi connectivity index (χ0v) is 17.0. The third-order valence-electron chi connectivity index (χ3n) is 3.92. The number of hydrogen-bond donors (Lipinski definition) is 2. The van der Waals surface area contributed by atoms with Crippen molar-refractivity contribution < 1.29 is 22.7 Å². The first-order valence-corrected chi connectivity index (χ1v) is 10.6. The van der Waals surface area contributed by atoms with Crippen LogP contribution < -0.4 is 15.4 Å². The number of amides is 2. The molecule has 0 aromatic heterocycles. The number of ether oxygens (including phenoxy) is 1. The normalized spacial score (nSPS) is 12.1. The molecule has 150 valence electrons. The van der Waals surface area contributed by atoms with Crippen LogP contribution in [0, 0.1) is 0 Å². The third kappa shape index (κ3) is 5.71. The Hall–Kier alpha value is -2.58. The van der Waals surface area contributed by atoms with Crippen LogP contribution in [0.4, 0.5) is 11.4 Å². The van der Waals surface area contributed by atoms with Crippen molar-refractivity contribution in [3.8, 4) is 5.75 Å². The Kier molecular flexibility index (Phi) is 7.42. The minimum absolute atomic E-state index is 0.0253. The van der Waals surface area contributed by atoms with Gasteiger partial charge in [-0.05, 0) is 42.8 Å². The highest BCUT2D eigenvalue weighted by molar-refractivity contribution is 7.93. The molecule has 0 heterocycles. The van der Waals surface area contributed by atoms with E-state index in [1.165, 1.54) is 7.11 Å². The molecular formula is C19H21ClN2O5S. The minimum atomic E-state index is -4.03. The molecule has 0 saturated heterocycles. The number of rotatable bonds is 8. The van der Waals surface area contributed by atoms with Crippen LogP contribution in [0.2, 0.25) is 5.02 Å². The Morgan fingerprint density at radius 1 is 1.07 bits per heavy atom. The molecule has 7 nitrogen and oxygen atoms in total. The van der Waals surface area contributed by atoms with Gasteiger partial charge in [-0.15, -0.1) is 0 Å². The van der Waals surface area contributed by atoms with Gasteiger partial charge in [-0.1, -0.05) is 30.7 Å². The number of carbonyl (C=O) groups is 2. The van der Waals surface area contributed by atoms with E-state index in [1.54, 1.807) is 55.5 Å². The molecule has 0 aliphatic carbocycles. The quantitative estimate of drug-likeness (QED) is 0.677. The second-order valence-corrected chi connectivity index (χ2v) is 8.57. The highest BCUT2D eigenvalue weighted by Gasteiger charge is 2.33. The lowest BCUT2D eigenvalue weighted by atomic mass is 10.2. The smallest absolute Gasteiger partial charge is 0.242 e. The van der Waals surface area contributed by atoms with Gasteiger partial charge >= 0.3 is 0 Å². The topological polar surface area (TPSA) is 102 Å². The highest BCUT2D eigenvalue weighted by Crippen LogP contribution is 2.24. The number of para-hydroxylation sites is 2. The van der Waals surface area contributed by atoms with Gasteiger partial charge in [0.2, 0.25) is 11.8 Å². The summed E-state index contributed by atoms with van der Waals surface area (Å²) in [5.74, 6) is -1.85. The van der Waals surface area contributed by atoms with Crippen LogP contribution in [0.15, 0.2) is 48.5 Å². The second kappa shape index (κ2) is 9.57. The zero-order chi connectivity index (χ0) is 20.7. The summed E-state index contributed by atoms with van der Waals surface area (Å²) in [7, 11) is -2.59. The van der Waals surface area contributed by atoms with Crippen molar-refractivity contribution in [1.29, 1.82) is 0 Å². The summed E-state index contributed by atoms with van der Waals surface area (Å²) >= 11 is 5.78. The molecule has 9 heteroatoms. The molecule has 2 N–H and O–H groups in total. The average molecular weight is 425 g/mol. The van der Waals surface area contributed by atoms with Crippen LogP contribution in [0.1, 0.15) is 13.3 Å². The molecule has 1 atom stereocenters. The lowest BCUT2D eigenvalue weighted by molar-refractivity contribution is -0.115. The van der Waals surface area contributed by atoms with E-state index < -0.39 is 32.7 Å². The molecule has 2 aromatic rings. The zero-order valence-electron chi connectivity index (χ0n) is 15.4. The first kappa shape index (κ1) is 21.7. The minimum Gasteiger partial charge on any atom is -0.495 e. The van der Waals surface area contributed by atoms with Gasteiger partial charge in [0.1, 0.15) is 16.8 Å². The Balaban J connectivity index is 2.09. The molecule has 2 amide bonds. The van der Waals surface area contributed by atoms with Crippen molar-refractivity contribution in [1.82, 2.24) is 0 Å². The summed E-state index contributed by atoms with van der Waals surface area (Å²) < 4.78 is 30.4. The molecule has 28 heavy (non-hydrogen) atoms. The summed E-state index contributed by atoms with van der Waals surface area (Å²) in [6.07, 6.45) is 0.0253. The van der Waals surface area contributed by atoms with Gasteiger partial charge in [0.05, 0.1) is 12.8 Å². The third-order valence-corrected chi connectivity index (χ3v) is 6.25. The fourth-order valence-corrected chi connectivity index (χ4v) is 4.23. The Labute approximate surface area is 169 Å². The average Bonchev–Trinajstić information content (AvgIpc) is 2.63. The predicted octanol–water partition coefficient (Wildman–Crippen LogP) is 3.12. The number of sulfone groups is 1. The maximum atomic E-state index is 12.6. The number of methoxy groups -OCH3 is 1. The molecular weight excluding hydrogens is 404 g/mol. The summed E-state index contributed by atoms with van der Waals surface area (Å²) in [6.45, 7) is 1.57. The van der Waals surface area contributed by atoms with E-state index >= 15 is 0 Å². The van der Waals surface area contributed by atoms with Crippen LogP contribution in [-0.4, -0.2) is 38.3 Å². The number of halogens is 1. The van der Waals surface area contributed by atoms with Crippen molar-refractivity contribution in [2.45, 2.75) is 18.6 Å². The second-order valence-electron chi connectivity index (χ2n) is 5.95. The molecule has 1 unspecified atom stereocenters. The maximum absolute atomic E-state index is 12.6. The standard InChI is InChI=1S/C19H21ClN2O5S/c1-3-17(19(24)22-15-6-4-5-7-16(15)27-2)28(25,26)12-18(23)21-14-10-8-13(20)9-11-14/h4-11,17H,3,12H2,1-2H3,(H,21,23)(H,22,24). The SMILES string of the molecule is CCC(C(=O)Nc1ccccc1OC)S(=O)(=O)CC(=O)Nc1ccc(Cl)cc1. The van der Waals surface area contributed by atoms with Crippen molar-refractivity contribution in [3.05, 3.63) is 53.6 Å². The van der Waals surface area contributed by atoms with Gasteiger partial charge in [-0.25, -0.2) is 8.42 Å². The van der Waals surface area contributed by atoms with Crippen LogP contribution in [0.3, 0.4) is 0 Å². The van der Waals surface area contributed by atoms with Gasteiger partial charge < -0.3 is 15.4 Å². The van der Waals surface area contributed by atoms with Crippen LogP contribution >= 0.6 is 11.6 Å².